The van der Waals surface area contributed by atoms with E-state index < -0.39 is 0 Å². The molecule has 0 amide bonds. The van der Waals surface area contributed by atoms with Crippen LogP contribution in [0.2, 0.25) is 0 Å². The summed E-state index contributed by atoms with van der Waals surface area (Å²) in [5, 5.41) is 3.04. The number of rotatable bonds is 1. The normalized spacial score (nSPS) is 18.3. The van der Waals surface area contributed by atoms with Crippen LogP contribution >= 0.6 is 0 Å². The molecule has 2 rings (SSSR count). The predicted molar refractivity (Wildman–Crippen MR) is 75.9 cm³/mol. The Hall–Kier alpha value is -1.12. The van der Waals surface area contributed by atoms with Gasteiger partial charge >= 0.3 is 0 Å². The summed E-state index contributed by atoms with van der Waals surface area (Å²) in [6.45, 7) is 0. The van der Waals surface area contributed by atoms with Crippen molar-refractivity contribution in [3.8, 4) is 0 Å². The molecule has 1 heterocycles. The fourth-order valence-corrected chi connectivity index (χ4v) is 2.66. The van der Waals surface area contributed by atoms with Gasteiger partial charge in [0, 0.05) is 18.9 Å². The second-order valence-electron chi connectivity index (χ2n) is 5.24. The van der Waals surface area contributed by atoms with Crippen molar-refractivity contribution in [3.63, 3.8) is 0 Å². The van der Waals surface area contributed by atoms with E-state index in [0.29, 0.717) is 0 Å². The fraction of sp³-hybridized carbons (Fsp3) is 0.733. The van der Waals surface area contributed by atoms with Crippen LogP contribution in [0.5, 0.6) is 0 Å². The Labute approximate surface area is 110 Å². The second-order valence-corrected chi connectivity index (χ2v) is 5.24. The summed E-state index contributed by atoms with van der Waals surface area (Å²) in [4.78, 5) is 8.99. The van der Waals surface area contributed by atoms with Crippen LogP contribution in [0.3, 0.4) is 0 Å². The van der Waals surface area contributed by atoms with Gasteiger partial charge in [-0.05, 0) is 31.2 Å². The molecule has 1 N–H and O–H groups in total. The smallest absolute Gasteiger partial charge is 0.222 e. The first kappa shape index (κ1) is 13.3. The largest absolute Gasteiger partial charge is 0.357 e. The molecule has 0 saturated carbocycles. The molecule has 0 fully saturated rings. The van der Waals surface area contributed by atoms with E-state index in [2.05, 4.69) is 15.3 Å². The highest BCUT2D eigenvalue weighted by Gasteiger charge is 2.07. The lowest BCUT2D eigenvalue weighted by atomic mass is 9.99. The van der Waals surface area contributed by atoms with E-state index in [-0.39, 0.29) is 0 Å². The van der Waals surface area contributed by atoms with Crippen LogP contribution in [0.15, 0.2) is 6.20 Å². The van der Waals surface area contributed by atoms with Crippen LogP contribution in [0.4, 0.5) is 5.95 Å². The molecule has 0 radical (unpaired) electrons. The number of anilines is 1. The van der Waals surface area contributed by atoms with E-state index in [1.165, 1.54) is 62.6 Å². The average Bonchev–Trinajstić information content (AvgIpc) is 2.39. The molecule has 1 aromatic heterocycles. The number of aromatic nitrogens is 2. The van der Waals surface area contributed by atoms with E-state index in [1.807, 2.05) is 13.2 Å². The molecule has 1 aromatic rings. The molecular weight excluding hydrogens is 222 g/mol. The summed E-state index contributed by atoms with van der Waals surface area (Å²) in [6.07, 6.45) is 15.2. The van der Waals surface area contributed by atoms with Crippen LogP contribution in [0.1, 0.15) is 62.6 Å². The summed E-state index contributed by atoms with van der Waals surface area (Å²) < 4.78 is 0. The maximum atomic E-state index is 4.64. The Bertz CT molecular complexity index is 363. The van der Waals surface area contributed by atoms with Gasteiger partial charge in [-0.3, -0.25) is 0 Å². The van der Waals surface area contributed by atoms with Crippen LogP contribution in [0.25, 0.3) is 0 Å². The second kappa shape index (κ2) is 7.34. The number of hydrogen-bond acceptors (Lipinski definition) is 3. The van der Waals surface area contributed by atoms with Gasteiger partial charge in [-0.2, -0.15) is 0 Å². The average molecular weight is 247 g/mol. The zero-order chi connectivity index (χ0) is 12.6. The van der Waals surface area contributed by atoms with Gasteiger partial charge in [0.2, 0.25) is 5.95 Å². The van der Waals surface area contributed by atoms with Gasteiger partial charge in [-0.1, -0.05) is 38.5 Å². The first-order valence-electron chi connectivity index (χ1n) is 7.42. The van der Waals surface area contributed by atoms with E-state index in [1.54, 1.807) is 0 Å². The van der Waals surface area contributed by atoms with Crippen LogP contribution < -0.4 is 5.32 Å². The number of nitrogens with zero attached hydrogens (tertiary/aromatic N) is 2. The SMILES string of the molecule is CNc1ncc2c(n1)CCCCCCCCCC2. The predicted octanol–water partition coefficient (Wildman–Crippen LogP) is 3.74. The number of aryl methyl sites for hydroxylation is 2. The highest BCUT2D eigenvalue weighted by atomic mass is 15.1. The first-order valence-corrected chi connectivity index (χ1v) is 7.42. The van der Waals surface area contributed by atoms with Crippen molar-refractivity contribution in [1.82, 2.24) is 9.97 Å². The van der Waals surface area contributed by atoms with Crippen molar-refractivity contribution in [2.24, 2.45) is 0 Å². The topological polar surface area (TPSA) is 37.8 Å². The molecule has 3 heteroatoms. The summed E-state index contributed by atoms with van der Waals surface area (Å²) in [6, 6.07) is 0. The van der Waals surface area contributed by atoms with Gasteiger partial charge in [0.05, 0.1) is 0 Å². The van der Waals surface area contributed by atoms with Gasteiger partial charge in [0.15, 0.2) is 0 Å². The molecule has 1 aliphatic carbocycles. The molecule has 18 heavy (non-hydrogen) atoms. The summed E-state index contributed by atoms with van der Waals surface area (Å²) in [5.41, 5.74) is 2.64. The Balaban J connectivity index is 2.07. The van der Waals surface area contributed by atoms with Gasteiger partial charge in [-0.15, -0.1) is 0 Å². The maximum Gasteiger partial charge on any atom is 0.222 e. The molecule has 1 aliphatic rings. The molecule has 0 spiro atoms. The fourth-order valence-electron chi connectivity index (χ4n) is 2.66. The van der Waals surface area contributed by atoms with Gasteiger partial charge in [0.1, 0.15) is 0 Å². The van der Waals surface area contributed by atoms with Crippen molar-refractivity contribution < 1.29 is 0 Å². The maximum absolute atomic E-state index is 4.64. The molecule has 0 atom stereocenters. The minimum atomic E-state index is 0.765. The lowest BCUT2D eigenvalue weighted by molar-refractivity contribution is 0.556. The van der Waals surface area contributed by atoms with Crippen molar-refractivity contribution in [2.75, 3.05) is 12.4 Å². The molecular formula is C15H25N3. The highest BCUT2D eigenvalue weighted by molar-refractivity contribution is 5.29. The van der Waals surface area contributed by atoms with Crippen molar-refractivity contribution in [1.29, 1.82) is 0 Å². The van der Waals surface area contributed by atoms with Crippen molar-refractivity contribution in [3.05, 3.63) is 17.5 Å². The Morgan fingerprint density at radius 1 is 0.889 bits per heavy atom. The minimum Gasteiger partial charge on any atom is -0.357 e. The van der Waals surface area contributed by atoms with E-state index in [0.717, 1.165) is 18.8 Å². The third-order valence-corrected chi connectivity index (χ3v) is 3.79. The van der Waals surface area contributed by atoms with Crippen LogP contribution in [-0.2, 0) is 12.8 Å². The lowest BCUT2D eigenvalue weighted by Gasteiger charge is -2.11. The van der Waals surface area contributed by atoms with E-state index in [9.17, 15) is 0 Å². The summed E-state index contributed by atoms with van der Waals surface area (Å²) in [7, 11) is 1.89. The monoisotopic (exact) mass is 247 g/mol. The van der Waals surface area contributed by atoms with Gasteiger partial charge in [0.25, 0.3) is 0 Å². The highest BCUT2D eigenvalue weighted by Crippen LogP contribution is 2.18. The molecule has 0 aromatic carbocycles. The third kappa shape index (κ3) is 3.97. The van der Waals surface area contributed by atoms with Gasteiger partial charge in [-0.25, -0.2) is 9.97 Å². The summed E-state index contributed by atoms with van der Waals surface area (Å²) >= 11 is 0. The number of fused-ring (bicyclic) bond motifs is 1. The van der Waals surface area contributed by atoms with Crippen LogP contribution in [-0.4, -0.2) is 17.0 Å². The zero-order valence-corrected chi connectivity index (χ0v) is 11.5. The number of nitrogens with one attached hydrogen (secondary N) is 1. The summed E-state index contributed by atoms with van der Waals surface area (Å²) in [5.74, 6) is 0.765. The minimum absolute atomic E-state index is 0.765. The third-order valence-electron chi connectivity index (χ3n) is 3.79. The Kier molecular flexibility index (Phi) is 5.43. The Morgan fingerprint density at radius 2 is 1.50 bits per heavy atom. The molecule has 0 aliphatic heterocycles. The van der Waals surface area contributed by atoms with Crippen LogP contribution in [0, 0.1) is 0 Å². The Morgan fingerprint density at radius 3 is 2.17 bits per heavy atom. The molecule has 3 nitrogen and oxygen atoms in total. The van der Waals surface area contributed by atoms with E-state index >= 15 is 0 Å². The molecule has 100 valence electrons. The van der Waals surface area contributed by atoms with E-state index in [4.69, 9.17) is 0 Å². The quantitative estimate of drug-likeness (QED) is 0.821. The lowest BCUT2D eigenvalue weighted by Crippen LogP contribution is -2.05. The van der Waals surface area contributed by atoms with Gasteiger partial charge < -0.3 is 5.32 Å². The first-order chi connectivity index (χ1) is 8.90. The zero-order valence-electron chi connectivity index (χ0n) is 11.5. The molecule has 0 saturated heterocycles. The number of hydrogen-bond donors (Lipinski definition) is 1. The molecule has 0 bridgehead atoms. The van der Waals surface area contributed by atoms with Crippen molar-refractivity contribution in [2.45, 2.75) is 64.2 Å². The molecule has 0 unspecified atom stereocenters. The van der Waals surface area contributed by atoms with Crippen molar-refractivity contribution >= 4 is 5.95 Å². The standard InChI is InChI=1S/C15H25N3/c1-16-15-17-12-13-10-8-6-4-2-3-5-7-9-11-14(13)18-15/h12H,2-11H2,1H3,(H,16,17,18).